The van der Waals surface area contributed by atoms with Crippen LogP contribution >= 0.6 is 0 Å². The first-order valence-electron chi connectivity index (χ1n) is 11.2. The monoisotopic (exact) mass is 460 g/mol. The molecular weight excluding hydrogens is 431 g/mol. The number of aromatic nitrogens is 2. The van der Waals surface area contributed by atoms with E-state index in [9.17, 15) is 19.5 Å². The second kappa shape index (κ2) is 8.31. The molecule has 0 unspecified atom stereocenters. The van der Waals surface area contributed by atoms with Crippen molar-refractivity contribution in [2.75, 3.05) is 18.0 Å². The van der Waals surface area contributed by atoms with Crippen LogP contribution in [0.15, 0.2) is 17.1 Å². The Bertz CT molecular complexity index is 1170. The minimum atomic E-state index is -1.34. The number of fused-ring (bicyclic) bond motifs is 1. The Balaban J connectivity index is 1.59. The van der Waals surface area contributed by atoms with Crippen molar-refractivity contribution < 1.29 is 23.8 Å². The number of pyridine rings is 2. The topological polar surface area (TPSA) is 114 Å². The highest BCUT2D eigenvalue weighted by atomic mass is 19.1. The molecule has 0 spiro atoms. The quantitative estimate of drug-likeness (QED) is 0.704. The summed E-state index contributed by atoms with van der Waals surface area (Å²) in [6.45, 7) is 8.30. The van der Waals surface area contributed by atoms with Crippen molar-refractivity contribution in [3.63, 3.8) is 0 Å². The summed E-state index contributed by atoms with van der Waals surface area (Å²) in [6.07, 6.45) is 3.25. The Hall–Kier alpha value is -3.17. The van der Waals surface area contributed by atoms with Gasteiger partial charge < -0.3 is 24.6 Å². The molecule has 2 aromatic rings. The molecule has 0 aromatic carbocycles. The second-order valence-corrected chi connectivity index (χ2v) is 9.91. The molecule has 33 heavy (non-hydrogen) atoms. The van der Waals surface area contributed by atoms with Crippen molar-refractivity contribution in [2.24, 2.45) is 5.92 Å². The normalized spacial score (nSPS) is 19.5. The number of alkyl carbamates (subject to hydrolysis) is 1. The van der Waals surface area contributed by atoms with Crippen molar-refractivity contribution in [1.82, 2.24) is 14.9 Å². The van der Waals surface area contributed by atoms with Gasteiger partial charge in [-0.1, -0.05) is 0 Å². The van der Waals surface area contributed by atoms with Crippen molar-refractivity contribution in [3.8, 4) is 0 Å². The highest BCUT2D eigenvalue weighted by Gasteiger charge is 2.33. The van der Waals surface area contributed by atoms with Gasteiger partial charge in [-0.2, -0.15) is 0 Å². The maximum atomic E-state index is 15.1. The van der Waals surface area contributed by atoms with Crippen LogP contribution in [0.3, 0.4) is 0 Å². The summed E-state index contributed by atoms with van der Waals surface area (Å²) in [4.78, 5) is 42.5. The number of nitrogens with zero attached hydrogens (tertiary/aromatic N) is 3. The number of hydrogen-bond acceptors (Lipinski definition) is 6. The number of halogens is 1. The van der Waals surface area contributed by atoms with Crippen LogP contribution in [0.5, 0.6) is 0 Å². The zero-order chi connectivity index (χ0) is 24.1. The van der Waals surface area contributed by atoms with Crippen LogP contribution < -0.4 is 15.6 Å². The molecule has 2 aliphatic rings. The van der Waals surface area contributed by atoms with E-state index < -0.39 is 28.9 Å². The molecule has 2 aromatic heterocycles. The summed E-state index contributed by atoms with van der Waals surface area (Å²) < 4.78 is 22.1. The number of amides is 1. The molecule has 4 rings (SSSR count). The summed E-state index contributed by atoms with van der Waals surface area (Å²) in [5.74, 6) is -1.81. The van der Waals surface area contributed by atoms with E-state index in [-0.39, 0.29) is 34.8 Å². The molecule has 0 bridgehead atoms. The Labute approximate surface area is 190 Å². The fourth-order valence-corrected chi connectivity index (χ4v) is 4.24. The third kappa shape index (κ3) is 4.79. The predicted octanol–water partition coefficient (Wildman–Crippen LogP) is 3.31. The SMILES string of the molecule is C[C@@H](NC(=O)OC(C)(C)C)[C@@H]1CCN(c2nc3c(cc2F)c(=O)c(C(=O)O)cn3C2CC2)C1. The number of rotatable bonds is 5. The van der Waals surface area contributed by atoms with Gasteiger partial charge in [-0.25, -0.2) is 19.0 Å². The molecule has 1 aliphatic carbocycles. The lowest BCUT2D eigenvalue weighted by Gasteiger charge is -2.25. The molecule has 1 aliphatic heterocycles. The van der Waals surface area contributed by atoms with E-state index in [4.69, 9.17) is 4.74 Å². The van der Waals surface area contributed by atoms with Gasteiger partial charge in [0.05, 0.1) is 5.39 Å². The number of hydrogen-bond donors (Lipinski definition) is 2. The van der Waals surface area contributed by atoms with Gasteiger partial charge in [0.15, 0.2) is 11.6 Å². The van der Waals surface area contributed by atoms with Crippen molar-refractivity contribution in [2.45, 2.75) is 64.6 Å². The first-order chi connectivity index (χ1) is 15.4. The molecule has 2 atom stereocenters. The molecule has 9 nitrogen and oxygen atoms in total. The molecule has 2 fully saturated rings. The molecule has 10 heteroatoms. The highest BCUT2D eigenvalue weighted by Crippen LogP contribution is 2.37. The Morgan fingerprint density at radius 3 is 2.61 bits per heavy atom. The van der Waals surface area contributed by atoms with E-state index in [2.05, 4.69) is 10.3 Å². The molecular formula is C23H29FN4O5. The highest BCUT2D eigenvalue weighted by molar-refractivity contribution is 5.92. The van der Waals surface area contributed by atoms with Crippen LogP contribution in [-0.4, -0.2) is 51.5 Å². The number of ether oxygens (including phenoxy) is 1. The zero-order valence-corrected chi connectivity index (χ0v) is 19.2. The number of aromatic carboxylic acids is 1. The number of carboxylic acid groups (broad SMARTS) is 1. The van der Waals surface area contributed by atoms with E-state index in [1.165, 1.54) is 6.20 Å². The van der Waals surface area contributed by atoms with Crippen LogP contribution in [0, 0.1) is 11.7 Å². The molecule has 2 N–H and O–H groups in total. The molecule has 3 heterocycles. The fraction of sp³-hybridized carbons (Fsp3) is 0.565. The van der Waals surface area contributed by atoms with Gasteiger partial charge in [0.1, 0.15) is 16.8 Å². The van der Waals surface area contributed by atoms with E-state index in [1.807, 2.05) is 6.92 Å². The van der Waals surface area contributed by atoms with Crippen LogP contribution in [-0.2, 0) is 4.74 Å². The van der Waals surface area contributed by atoms with Crippen LogP contribution in [0.25, 0.3) is 11.0 Å². The van der Waals surface area contributed by atoms with Gasteiger partial charge in [-0.15, -0.1) is 0 Å². The van der Waals surface area contributed by atoms with Crippen LogP contribution in [0.2, 0.25) is 0 Å². The maximum absolute atomic E-state index is 15.1. The van der Waals surface area contributed by atoms with Gasteiger partial charge in [-0.3, -0.25) is 4.79 Å². The second-order valence-electron chi connectivity index (χ2n) is 9.91. The Morgan fingerprint density at radius 1 is 1.30 bits per heavy atom. The average Bonchev–Trinajstić information content (AvgIpc) is 3.42. The van der Waals surface area contributed by atoms with Crippen LogP contribution in [0.1, 0.15) is 63.4 Å². The largest absolute Gasteiger partial charge is 0.477 e. The van der Waals surface area contributed by atoms with Gasteiger partial charge in [0.2, 0.25) is 5.43 Å². The molecule has 1 amide bonds. The molecule has 178 valence electrons. The van der Waals surface area contributed by atoms with Crippen LogP contribution in [0.4, 0.5) is 15.0 Å². The lowest BCUT2D eigenvalue weighted by atomic mass is 10.0. The molecule has 0 radical (unpaired) electrons. The van der Waals surface area contributed by atoms with Crippen molar-refractivity contribution >= 4 is 28.9 Å². The summed E-state index contributed by atoms with van der Waals surface area (Å²) in [5, 5.41) is 12.2. The van der Waals surface area contributed by atoms with E-state index in [0.717, 1.165) is 25.3 Å². The number of anilines is 1. The summed E-state index contributed by atoms with van der Waals surface area (Å²) >= 11 is 0. The predicted molar refractivity (Wildman–Crippen MR) is 120 cm³/mol. The minimum Gasteiger partial charge on any atom is -0.477 e. The number of nitrogens with one attached hydrogen (secondary N) is 1. The van der Waals surface area contributed by atoms with Crippen molar-refractivity contribution in [3.05, 3.63) is 33.9 Å². The number of carbonyl (C=O) groups is 2. The maximum Gasteiger partial charge on any atom is 0.407 e. The minimum absolute atomic E-state index is 0.0289. The number of carboxylic acids is 1. The van der Waals surface area contributed by atoms with E-state index in [1.54, 1.807) is 30.2 Å². The zero-order valence-electron chi connectivity index (χ0n) is 19.2. The molecule has 1 saturated heterocycles. The lowest BCUT2D eigenvalue weighted by Crippen LogP contribution is -2.42. The molecule has 1 saturated carbocycles. The fourth-order valence-electron chi connectivity index (χ4n) is 4.24. The van der Waals surface area contributed by atoms with Gasteiger partial charge in [0.25, 0.3) is 0 Å². The van der Waals surface area contributed by atoms with E-state index in [0.29, 0.717) is 18.7 Å². The summed E-state index contributed by atoms with van der Waals surface area (Å²) in [6, 6.07) is 0.971. The van der Waals surface area contributed by atoms with E-state index >= 15 is 4.39 Å². The summed E-state index contributed by atoms with van der Waals surface area (Å²) in [5.41, 5.74) is -1.41. The van der Waals surface area contributed by atoms with Crippen molar-refractivity contribution in [1.29, 1.82) is 0 Å². The van der Waals surface area contributed by atoms with Gasteiger partial charge in [-0.05, 0) is 58.9 Å². The van der Waals surface area contributed by atoms with Gasteiger partial charge >= 0.3 is 12.1 Å². The summed E-state index contributed by atoms with van der Waals surface area (Å²) in [7, 11) is 0. The smallest absolute Gasteiger partial charge is 0.407 e. The lowest BCUT2D eigenvalue weighted by molar-refractivity contribution is 0.0494. The first kappa shape index (κ1) is 23.0. The standard InChI is InChI=1S/C23H29FN4O5/c1-12(25-22(32)33-23(2,3)4)13-7-8-27(10-13)20-17(24)9-15-18(29)16(21(30)31)11-28(14-5-6-14)19(15)26-20/h9,11-14H,5-8,10H2,1-4H3,(H,25,32)(H,30,31)/t12-,13-/m1/s1. The third-order valence-corrected chi connectivity index (χ3v) is 6.09. The Kier molecular flexibility index (Phi) is 5.79. The third-order valence-electron chi connectivity index (χ3n) is 6.09. The van der Waals surface area contributed by atoms with Gasteiger partial charge in [0, 0.05) is 31.4 Å². The number of carbonyl (C=O) groups excluding carboxylic acids is 1. The Morgan fingerprint density at radius 2 is 2.00 bits per heavy atom. The first-order valence-corrected chi connectivity index (χ1v) is 11.2. The average molecular weight is 461 g/mol.